The van der Waals surface area contributed by atoms with Crippen LogP contribution >= 0.6 is 11.6 Å². The van der Waals surface area contributed by atoms with Crippen molar-refractivity contribution < 1.29 is 4.52 Å². The molecule has 0 unspecified atom stereocenters. The summed E-state index contributed by atoms with van der Waals surface area (Å²) in [4.78, 5) is 7.95. The van der Waals surface area contributed by atoms with E-state index in [1.54, 1.807) is 12.5 Å². The third-order valence-electron chi connectivity index (χ3n) is 1.95. The van der Waals surface area contributed by atoms with E-state index in [1.807, 2.05) is 6.92 Å². The maximum absolute atomic E-state index is 5.83. The van der Waals surface area contributed by atoms with E-state index < -0.39 is 0 Å². The first-order valence-electron chi connectivity index (χ1n) is 4.37. The van der Waals surface area contributed by atoms with Gasteiger partial charge in [0.25, 0.3) is 0 Å². The molecule has 78 valence electrons. The third-order valence-corrected chi connectivity index (χ3v) is 2.23. The predicted octanol–water partition coefficient (Wildman–Crippen LogP) is 2.04. The molecule has 0 aromatic carbocycles. The lowest BCUT2D eigenvalue weighted by atomic mass is 10.3. The average Bonchev–Trinajstić information content (AvgIpc) is 2.63. The molecule has 0 saturated carbocycles. The van der Waals surface area contributed by atoms with E-state index in [0.717, 1.165) is 11.3 Å². The summed E-state index contributed by atoms with van der Waals surface area (Å²) in [5, 5.41) is 7.17. The van der Waals surface area contributed by atoms with Crippen LogP contribution in [-0.4, -0.2) is 15.1 Å². The van der Waals surface area contributed by atoms with Crippen molar-refractivity contribution in [1.29, 1.82) is 0 Å². The summed E-state index contributed by atoms with van der Waals surface area (Å²) in [6.07, 6.45) is 4.71. The van der Waals surface area contributed by atoms with Crippen molar-refractivity contribution >= 4 is 17.4 Å². The van der Waals surface area contributed by atoms with Crippen molar-refractivity contribution in [2.75, 3.05) is 5.32 Å². The van der Waals surface area contributed by atoms with Gasteiger partial charge in [-0.25, -0.2) is 9.97 Å². The normalized spacial score (nSPS) is 10.3. The minimum Gasteiger partial charge on any atom is -0.364 e. The largest absolute Gasteiger partial charge is 0.364 e. The molecule has 0 amide bonds. The van der Waals surface area contributed by atoms with Crippen molar-refractivity contribution in [2.24, 2.45) is 0 Å². The van der Waals surface area contributed by atoms with Crippen molar-refractivity contribution in [3.8, 4) is 0 Å². The quantitative estimate of drug-likeness (QED) is 0.864. The summed E-state index contributed by atoms with van der Waals surface area (Å²) in [6.45, 7) is 2.44. The van der Waals surface area contributed by atoms with Gasteiger partial charge in [0.05, 0.1) is 5.69 Å². The number of aryl methyl sites for hydroxylation is 1. The minimum atomic E-state index is 0.353. The van der Waals surface area contributed by atoms with Crippen LogP contribution in [0.15, 0.2) is 23.2 Å². The minimum absolute atomic E-state index is 0.353. The summed E-state index contributed by atoms with van der Waals surface area (Å²) >= 11 is 5.83. The first-order chi connectivity index (χ1) is 7.27. The molecule has 2 aromatic rings. The molecule has 0 saturated heterocycles. The first-order valence-corrected chi connectivity index (χ1v) is 4.75. The highest BCUT2D eigenvalue weighted by Crippen LogP contribution is 2.15. The fourth-order valence-electron chi connectivity index (χ4n) is 1.10. The molecule has 15 heavy (non-hydrogen) atoms. The standard InChI is InChI=1S/C9H9ClN4O/c1-6-7(5-15-14-6)4-13-9-8(10)11-2-3-12-9/h2-3,5H,4H2,1H3,(H,12,13). The monoisotopic (exact) mass is 224 g/mol. The van der Waals surface area contributed by atoms with Gasteiger partial charge in [-0.1, -0.05) is 16.8 Å². The Morgan fingerprint density at radius 3 is 2.87 bits per heavy atom. The van der Waals surface area contributed by atoms with Crippen molar-refractivity contribution in [1.82, 2.24) is 15.1 Å². The Labute approximate surface area is 91.5 Å². The number of hydrogen-bond acceptors (Lipinski definition) is 5. The van der Waals surface area contributed by atoms with E-state index in [-0.39, 0.29) is 0 Å². The van der Waals surface area contributed by atoms with Crippen LogP contribution in [0.5, 0.6) is 0 Å². The number of nitrogens with zero attached hydrogens (tertiary/aromatic N) is 3. The van der Waals surface area contributed by atoms with E-state index >= 15 is 0 Å². The van der Waals surface area contributed by atoms with Gasteiger partial charge in [0, 0.05) is 24.5 Å². The molecular formula is C9H9ClN4O. The molecule has 5 nitrogen and oxygen atoms in total. The maximum Gasteiger partial charge on any atom is 0.171 e. The molecule has 2 heterocycles. The highest BCUT2D eigenvalue weighted by Gasteiger charge is 2.05. The van der Waals surface area contributed by atoms with Crippen LogP contribution in [0.1, 0.15) is 11.3 Å². The van der Waals surface area contributed by atoms with Crippen LogP contribution in [0.25, 0.3) is 0 Å². The Bertz CT molecular complexity index is 457. The molecule has 2 rings (SSSR count). The first kappa shape index (κ1) is 9.92. The highest BCUT2D eigenvalue weighted by atomic mass is 35.5. The van der Waals surface area contributed by atoms with Gasteiger partial charge in [-0.2, -0.15) is 0 Å². The van der Waals surface area contributed by atoms with E-state index in [0.29, 0.717) is 17.5 Å². The Balaban J connectivity index is 2.06. The second-order valence-corrected chi connectivity index (χ2v) is 3.33. The number of anilines is 1. The zero-order chi connectivity index (χ0) is 10.7. The Morgan fingerprint density at radius 1 is 1.40 bits per heavy atom. The third kappa shape index (κ3) is 2.24. The van der Waals surface area contributed by atoms with E-state index in [1.165, 1.54) is 6.20 Å². The van der Waals surface area contributed by atoms with Gasteiger partial charge in [0.1, 0.15) is 6.26 Å². The number of aromatic nitrogens is 3. The summed E-state index contributed by atoms with van der Waals surface area (Å²) in [7, 11) is 0. The maximum atomic E-state index is 5.83. The fourth-order valence-corrected chi connectivity index (χ4v) is 1.27. The molecule has 0 aliphatic carbocycles. The van der Waals surface area contributed by atoms with Gasteiger partial charge in [-0.05, 0) is 6.92 Å². The Morgan fingerprint density at radius 2 is 2.20 bits per heavy atom. The van der Waals surface area contributed by atoms with Gasteiger partial charge in [0.2, 0.25) is 0 Å². The summed E-state index contributed by atoms with van der Waals surface area (Å²) in [6, 6.07) is 0. The van der Waals surface area contributed by atoms with Crippen molar-refractivity contribution in [3.63, 3.8) is 0 Å². The molecule has 0 radical (unpaired) electrons. The molecule has 0 atom stereocenters. The van der Waals surface area contributed by atoms with E-state index in [2.05, 4.69) is 20.4 Å². The smallest absolute Gasteiger partial charge is 0.171 e. The lowest BCUT2D eigenvalue weighted by Crippen LogP contribution is -2.02. The average molecular weight is 225 g/mol. The second kappa shape index (κ2) is 4.27. The number of nitrogens with one attached hydrogen (secondary N) is 1. The van der Waals surface area contributed by atoms with Gasteiger partial charge in [-0.15, -0.1) is 0 Å². The van der Waals surface area contributed by atoms with Crippen LogP contribution in [0.3, 0.4) is 0 Å². The highest BCUT2D eigenvalue weighted by molar-refractivity contribution is 6.31. The molecule has 0 spiro atoms. The van der Waals surface area contributed by atoms with Crippen molar-refractivity contribution in [3.05, 3.63) is 35.1 Å². The van der Waals surface area contributed by atoms with Crippen LogP contribution in [0, 0.1) is 6.92 Å². The van der Waals surface area contributed by atoms with Crippen LogP contribution in [0.4, 0.5) is 5.82 Å². The topological polar surface area (TPSA) is 63.8 Å². The lowest BCUT2D eigenvalue weighted by Gasteiger charge is -2.04. The zero-order valence-electron chi connectivity index (χ0n) is 8.07. The summed E-state index contributed by atoms with van der Waals surface area (Å²) < 4.78 is 4.80. The van der Waals surface area contributed by atoms with Crippen LogP contribution in [-0.2, 0) is 6.54 Å². The molecule has 0 aliphatic rings. The van der Waals surface area contributed by atoms with E-state index in [4.69, 9.17) is 16.1 Å². The molecular weight excluding hydrogens is 216 g/mol. The molecule has 0 bridgehead atoms. The number of hydrogen-bond donors (Lipinski definition) is 1. The molecule has 2 aromatic heterocycles. The fraction of sp³-hybridized carbons (Fsp3) is 0.222. The van der Waals surface area contributed by atoms with Gasteiger partial charge in [-0.3, -0.25) is 0 Å². The SMILES string of the molecule is Cc1nocc1CNc1nccnc1Cl. The summed E-state index contributed by atoms with van der Waals surface area (Å²) in [5.41, 5.74) is 1.82. The van der Waals surface area contributed by atoms with Gasteiger partial charge >= 0.3 is 0 Å². The Kier molecular flexibility index (Phi) is 2.82. The van der Waals surface area contributed by atoms with E-state index in [9.17, 15) is 0 Å². The molecule has 0 aliphatic heterocycles. The molecule has 0 fully saturated rings. The molecule has 1 N–H and O–H groups in total. The van der Waals surface area contributed by atoms with Gasteiger partial charge in [0.15, 0.2) is 11.0 Å². The zero-order valence-corrected chi connectivity index (χ0v) is 8.82. The number of halogens is 1. The van der Waals surface area contributed by atoms with Crippen molar-refractivity contribution in [2.45, 2.75) is 13.5 Å². The van der Waals surface area contributed by atoms with Crippen LogP contribution < -0.4 is 5.32 Å². The predicted molar refractivity (Wildman–Crippen MR) is 55.6 cm³/mol. The summed E-state index contributed by atoms with van der Waals surface area (Å²) in [5.74, 6) is 0.555. The Hall–Kier alpha value is -1.62. The van der Waals surface area contributed by atoms with Crippen LogP contribution in [0.2, 0.25) is 5.15 Å². The lowest BCUT2D eigenvalue weighted by molar-refractivity contribution is 0.414. The molecule has 6 heteroatoms. The second-order valence-electron chi connectivity index (χ2n) is 2.97. The number of rotatable bonds is 3. The van der Waals surface area contributed by atoms with Gasteiger partial charge < -0.3 is 9.84 Å².